The first-order valence-electron chi connectivity index (χ1n) is 11.6. The van der Waals surface area contributed by atoms with Gasteiger partial charge in [0.25, 0.3) is 0 Å². The van der Waals surface area contributed by atoms with Crippen LogP contribution < -0.4 is 15.4 Å². The normalized spacial score (nSPS) is 11.4. The minimum Gasteiger partial charge on any atom is -0.497 e. The van der Waals surface area contributed by atoms with Crippen molar-refractivity contribution in [1.29, 1.82) is 0 Å². The number of alkyl carbamates (subject to hydrolysis) is 1. The minimum absolute atomic E-state index is 0.120. The van der Waals surface area contributed by atoms with E-state index in [4.69, 9.17) is 9.47 Å². The Kier molecular flexibility index (Phi) is 8.32. The molecular formula is C28H28N4O4. The Morgan fingerprint density at radius 2 is 1.56 bits per heavy atom. The van der Waals surface area contributed by atoms with Crippen LogP contribution in [0.3, 0.4) is 0 Å². The Labute approximate surface area is 209 Å². The van der Waals surface area contributed by atoms with Crippen molar-refractivity contribution in [2.75, 3.05) is 7.11 Å². The lowest BCUT2D eigenvalue weighted by molar-refractivity contribution is -0.123. The van der Waals surface area contributed by atoms with Gasteiger partial charge in [-0.1, -0.05) is 60.7 Å². The predicted octanol–water partition coefficient (Wildman–Crippen LogP) is 4.03. The molecule has 1 heterocycles. The molecule has 2 amide bonds. The molecule has 0 aliphatic heterocycles. The van der Waals surface area contributed by atoms with Crippen molar-refractivity contribution < 1.29 is 19.1 Å². The first-order chi connectivity index (χ1) is 17.6. The molecule has 0 unspecified atom stereocenters. The largest absolute Gasteiger partial charge is 0.497 e. The lowest BCUT2D eigenvalue weighted by Gasteiger charge is -2.18. The molecule has 1 aromatic heterocycles. The summed E-state index contributed by atoms with van der Waals surface area (Å²) < 4.78 is 12.2. The number of aromatic nitrogens is 2. The van der Waals surface area contributed by atoms with Crippen LogP contribution in [0, 0.1) is 0 Å². The topological polar surface area (TPSA) is 94.5 Å². The van der Waals surface area contributed by atoms with Gasteiger partial charge in [-0.15, -0.1) is 0 Å². The van der Waals surface area contributed by atoms with E-state index in [0.717, 1.165) is 22.6 Å². The molecule has 0 radical (unpaired) electrons. The summed E-state index contributed by atoms with van der Waals surface area (Å²) in [5.74, 6) is 0.437. The van der Waals surface area contributed by atoms with Crippen LogP contribution in [0.15, 0.2) is 97.2 Å². The monoisotopic (exact) mass is 484 g/mol. The Hall–Kier alpha value is -4.59. The molecule has 0 aliphatic rings. The zero-order valence-electron chi connectivity index (χ0n) is 20.0. The van der Waals surface area contributed by atoms with Gasteiger partial charge in [0, 0.05) is 12.6 Å². The van der Waals surface area contributed by atoms with Crippen molar-refractivity contribution in [3.05, 3.63) is 114 Å². The molecule has 0 fully saturated rings. The summed E-state index contributed by atoms with van der Waals surface area (Å²) in [5.41, 5.74) is 3.34. The van der Waals surface area contributed by atoms with Gasteiger partial charge in [-0.25, -0.2) is 9.48 Å². The Morgan fingerprint density at radius 1 is 0.889 bits per heavy atom. The number of ether oxygens (including phenoxy) is 2. The molecule has 8 nitrogen and oxygen atoms in total. The van der Waals surface area contributed by atoms with Crippen LogP contribution in [0.1, 0.15) is 16.8 Å². The number of rotatable bonds is 10. The molecule has 0 bridgehead atoms. The van der Waals surface area contributed by atoms with E-state index < -0.39 is 12.1 Å². The third kappa shape index (κ3) is 6.96. The lowest BCUT2D eigenvalue weighted by atomic mass is 10.1. The second kappa shape index (κ2) is 12.2. The van der Waals surface area contributed by atoms with E-state index in [2.05, 4.69) is 15.7 Å². The van der Waals surface area contributed by atoms with Gasteiger partial charge in [0.2, 0.25) is 5.91 Å². The van der Waals surface area contributed by atoms with E-state index in [0.29, 0.717) is 12.1 Å². The minimum atomic E-state index is -0.806. The Balaban J connectivity index is 1.37. The first kappa shape index (κ1) is 24.5. The maximum Gasteiger partial charge on any atom is 0.408 e. The van der Waals surface area contributed by atoms with Gasteiger partial charge in [-0.05, 0) is 41.5 Å². The SMILES string of the molecule is COc1ccc(-n2ccc(CNC(=O)[C@H](Cc3ccccc3)NC(=O)OCc3ccccc3)n2)cc1. The summed E-state index contributed by atoms with van der Waals surface area (Å²) in [5, 5.41) is 10.1. The first-order valence-corrected chi connectivity index (χ1v) is 11.6. The number of carbonyl (C=O) groups is 2. The van der Waals surface area contributed by atoms with E-state index in [1.165, 1.54) is 0 Å². The molecular weight excluding hydrogens is 456 g/mol. The zero-order valence-corrected chi connectivity index (χ0v) is 20.0. The van der Waals surface area contributed by atoms with Gasteiger partial charge in [-0.2, -0.15) is 5.10 Å². The summed E-state index contributed by atoms with van der Waals surface area (Å²) in [6.45, 7) is 0.336. The number of hydrogen-bond donors (Lipinski definition) is 2. The molecule has 36 heavy (non-hydrogen) atoms. The molecule has 0 aliphatic carbocycles. The summed E-state index contributed by atoms with van der Waals surface area (Å²) in [6.07, 6.45) is 1.50. The van der Waals surface area contributed by atoms with Gasteiger partial charge < -0.3 is 20.1 Å². The van der Waals surface area contributed by atoms with E-state index >= 15 is 0 Å². The van der Waals surface area contributed by atoms with Crippen LogP contribution in [-0.2, 0) is 29.1 Å². The second-order valence-electron chi connectivity index (χ2n) is 8.12. The quantitative estimate of drug-likeness (QED) is 0.354. The second-order valence-corrected chi connectivity index (χ2v) is 8.12. The lowest BCUT2D eigenvalue weighted by Crippen LogP contribution is -2.48. The van der Waals surface area contributed by atoms with E-state index in [1.807, 2.05) is 97.2 Å². The van der Waals surface area contributed by atoms with Crippen molar-refractivity contribution in [3.63, 3.8) is 0 Å². The standard InChI is InChI=1S/C28H28N4O4/c1-35-25-14-12-24(13-15-25)32-17-16-23(31-32)19-29-27(33)26(18-21-8-4-2-5-9-21)30-28(34)36-20-22-10-6-3-7-11-22/h2-17,26H,18-20H2,1H3,(H,29,33)(H,30,34)/t26-/m0/s1. The maximum atomic E-state index is 13.0. The highest BCUT2D eigenvalue weighted by molar-refractivity contribution is 5.85. The summed E-state index contributed by atoms with van der Waals surface area (Å²) in [7, 11) is 1.62. The highest BCUT2D eigenvalue weighted by Gasteiger charge is 2.22. The molecule has 3 aromatic carbocycles. The fourth-order valence-corrected chi connectivity index (χ4v) is 3.60. The highest BCUT2D eigenvalue weighted by Crippen LogP contribution is 2.14. The Morgan fingerprint density at radius 3 is 2.22 bits per heavy atom. The number of carbonyl (C=O) groups excluding carboxylic acids is 2. The highest BCUT2D eigenvalue weighted by atomic mass is 16.5. The molecule has 4 rings (SSSR count). The van der Waals surface area contributed by atoms with Crippen molar-refractivity contribution >= 4 is 12.0 Å². The van der Waals surface area contributed by atoms with E-state index in [1.54, 1.807) is 11.8 Å². The molecule has 2 N–H and O–H groups in total. The summed E-state index contributed by atoms with van der Waals surface area (Å²) >= 11 is 0. The molecule has 1 atom stereocenters. The number of hydrogen-bond acceptors (Lipinski definition) is 5. The maximum absolute atomic E-state index is 13.0. The van der Waals surface area contributed by atoms with Crippen LogP contribution in [-0.4, -0.2) is 34.9 Å². The Bertz CT molecular complexity index is 1260. The average molecular weight is 485 g/mol. The van der Waals surface area contributed by atoms with Crippen LogP contribution >= 0.6 is 0 Å². The summed E-state index contributed by atoms with van der Waals surface area (Å²) in [4.78, 5) is 25.5. The number of methoxy groups -OCH3 is 1. The van der Waals surface area contributed by atoms with Gasteiger partial charge in [0.05, 0.1) is 25.0 Å². The van der Waals surface area contributed by atoms with Gasteiger partial charge in [0.1, 0.15) is 18.4 Å². The van der Waals surface area contributed by atoms with Gasteiger partial charge >= 0.3 is 6.09 Å². The zero-order chi connectivity index (χ0) is 25.2. The fraction of sp³-hybridized carbons (Fsp3) is 0.179. The molecule has 8 heteroatoms. The number of nitrogens with one attached hydrogen (secondary N) is 2. The van der Waals surface area contributed by atoms with E-state index in [9.17, 15) is 9.59 Å². The average Bonchev–Trinajstić information content (AvgIpc) is 3.40. The van der Waals surface area contributed by atoms with Gasteiger partial charge in [0.15, 0.2) is 0 Å². The van der Waals surface area contributed by atoms with Crippen LogP contribution in [0.2, 0.25) is 0 Å². The number of benzene rings is 3. The van der Waals surface area contributed by atoms with Crippen molar-refractivity contribution in [3.8, 4) is 11.4 Å². The smallest absolute Gasteiger partial charge is 0.408 e. The number of nitrogens with zero attached hydrogens (tertiary/aromatic N) is 2. The third-order valence-electron chi connectivity index (χ3n) is 5.53. The van der Waals surface area contributed by atoms with Crippen molar-refractivity contribution in [2.24, 2.45) is 0 Å². The molecule has 0 spiro atoms. The van der Waals surface area contributed by atoms with Gasteiger partial charge in [-0.3, -0.25) is 4.79 Å². The molecule has 4 aromatic rings. The van der Waals surface area contributed by atoms with E-state index in [-0.39, 0.29) is 19.1 Å². The van der Waals surface area contributed by atoms with Crippen LogP contribution in [0.4, 0.5) is 4.79 Å². The number of amides is 2. The molecule has 0 saturated heterocycles. The van der Waals surface area contributed by atoms with Crippen molar-refractivity contribution in [2.45, 2.75) is 25.6 Å². The summed E-state index contributed by atoms with van der Waals surface area (Å²) in [6, 6.07) is 27.4. The van der Waals surface area contributed by atoms with Crippen LogP contribution in [0.5, 0.6) is 5.75 Å². The fourth-order valence-electron chi connectivity index (χ4n) is 3.60. The van der Waals surface area contributed by atoms with Crippen LogP contribution in [0.25, 0.3) is 5.69 Å². The molecule has 0 saturated carbocycles. The van der Waals surface area contributed by atoms with Crippen molar-refractivity contribution in [1.82, 2.24) is 20.4 Å². The predicted molar refractivity (Wildman–Crippen MR) is 136 cm³/mol. The molecule has 184 valence electrons. The third-order valence-corrected chi connectivity index (χ3v) is 5.53.